The molecule has 0 fully saturated rings. The molecule has 1 aromatic heterocycles. The summed E-state index contributed by atoms with van der Waals surface area (Å²) in [4.78, 5) is 11.8. The van der Waals surface area contributed by atoms with Crippen LogP contribution in [0.5, 0.6) is 5.75 Å². The molecule has 0 unspecified atom stereocenters. The molecule has 1 rings (SSSR count). The molecule has 0 radical (unpaired) electrons. The van der Waals surface area contributed by atoms with Gasteiger partial charge < -0.3 is 4.74 Å². The van der Waals surface area contributed by atoms with Gasteiger partial charge in [0.1, 0.15) is 12.4 Å². The van der Waals surface area contributed by atoms with Gasteiger partial charge in [0.25, 0.3) is 0 Å². The monoisotopic (exact) mass is 202 g/mol. The molecular formula is C9H14O3S. The average Bonchev–Trinajstić information content (AvgIpc) is 2.57. The van der Waals surface area contributed by atoms with Crippen molar-refractivity contribution in [2.24, 2.45) is 0 Å². The van der Waals surface area contributed by atoms with Crippen LogP contribution in [-0.2, 0) is 22.8 Å². The van der Waals surface area contributed by atoms with Crippen molar-refractivity contribution in [3.8, 4) is 5.75 Å². The molecule has 0 saturated carbocycles. The van der Waals surface area contributed by atoms with Crippen molar-refractivity contribution >= 4 is 11.3 Å². The molecule has 13 heavy (non-hydrogen) atoms. The summed E-state index contributed by atoms with van der Waals surface area (Å²) in [6.07, 6.45) is 1.02. The third-order valence-corrected chi connectivity index (χ3v) is 2.93. The van der Waals surface area contributed by atoms with Gasteiger partial charge in [-0.05, 0) is 12.5 Å². The minimum absolute atomic E-state index is 0.449. The first-order valence-corrected chi connectivity index (χ1v) is 4.94. The van der Waals surface area contributed by atoms with Crippen molar-refractivity contribution in [1.82, 2.24) is 0 Å². The number of hydrogen-bond donors (Lipinski definition) is 0. The summed E-state index contributed by atoms with van der Waals surface area (Å²) >= 11 is 1.69. The Hall–Kier alpha value is -0.580. The number of rotatable bonds is 5. The first kappa shape index (κ1) is 10.5. The molecule has 0 aliphatic heterocycles. The molecule has 0 N–H and O–H groups in total. The molecule has 74 valence electrons. The van der Waals surface area contributed by atoms with Gasteiger partial charge in [-0.25, -0.2) is 9.78 Å². The van der Waals surface area contributed by atoms with Gasteiger partial charge in [0.15, 0.2) is 0 Å². The van der Waals surface area contributed by atoms with Gasteiger partial charge in [0.05, 0.1) is 19.1 Å². The summed E-state index contributed by atoms with van der Waals surface area (Å²) in [5, 5.41) is 0. The zero-order valence-corrected chi connectivity index (χ0v) is 8.94. The minimum Gasteiger partial charge on any atom is -0.495 e. The number of hydrogen-bond acceptors (Lipinski definition) is 4. The lowest BCUT2D eigenvalue weighted by Gasteiger charge is -2.00. The second-order valence-corrected chi connectivity index (χ2v) is 3.71. The molecule has 0 amide bonds. The van der Waals surface area contributed by atoms with Crippen LogP contribution < -0.4 is 4.74 Å². The SMILES string of the molecule is CCc1cc(OC)c(COOC)s1. The Morgan fingerprint density at radius 3 is 2.69 bits per heavy atom. The lowest BCUT2D eigenvalue weighted by atomic mass is 10.3. The van der Waals surface area contributed by atoms with E-state index in [1.807, 2.05) is 6.07 Å². The highest BCUT2D eigenvalue weighted by molar-refractivity contribution is 7.12. The highest BCUT2D eigenvalue weighted by atomic mass is 32.1. The van der Waals surface area contributed by atoms with Crippen molar-refractivity contribution in [1.29, 1.82) is 0 Å². The Kier molecular flexibility index (Phi) is 4.21. The van der Waals surface area contributed by atoms with Crippen LogP contribution in [0.15, 0.2) is 6.07 Å². The molecule has 4 heteroatoms. The van der Waals surface area contributed by atoms with Crippen LogP contribution in [0.3, 0.4) is 0 Å². The molecule has 0 aliphatic rings. The lowest BCUT2D eigenvalue weighted by Crippen LogP contribution is -1.91. The second kappa shape index (κ2) is 5.21. The van der Waals surface area contributed by atoms with E-state index in [2.05, 4.69) is 11.8 Å². The highest BCUT2D eigenvalue weighted by Gasteiger charge is 2.08. The van der Waals surface area contributed by atoms with E-state index < -0.39 is 0 Å². The van der Waals surface area contributed by atoms with Crippen LogP contribution in [0.4, 0.5) is 0 Å². The minimum atomic E-state index is 0.449. The van der Waals surface area contributed by atoms with E-state index in [-0.39, 0.29) is 0 Å². The standard InChI is InChI=1S/C9H14O3S/c1-4-7-5-8(10-2)9(13-7)6-12-11-3/h5H,4,6H2,1-3H3. The van der Waals surface area contributed by atoms with Gasteiger partial charge in [-0.3, -0.25) is 0 Å². The largest absolute Gasteiger partial charge is 0.495 e. The Balaban J connectivity index is 2.71. The molecular weight excluding hydrogens is 188 g/mol. The molecule has 0 spiro atoms. The summed E-state index contributed by atoms with van der Waals surface area (Å²) in [6, 6.07) is 2.04. The van der Waals surface area contributed by atoms with E-state index in [0.29, 0.717) is 6.61 Å². The Morgan fingerprint density at radius 1 is 1.38 bits per heavy atom. The van der Waals surface area contributed by atoms with Crippen LogP contribution in [0.25, 0.3) is 0 Å². The van der Waals surface area contributed by atoms with Crippen LogP contribution in [0.1, 0.15) is 16.7 Å². The fourth-order valence-corrected chi connectivity index (χ4v) is 2.00. The molecule has 0 atom stereocenters. The maximum Gasteiger partial charge on any atom is 0.135 e. The normalized spacial score (nSPS) is 10.4. The summed E-state index contributed by atoms with van der Waals surface area (Å²) < 4.78 is 5.20. The number of ether oxygens (including phenoxy) is 1. The second-order valence-electron chi connectivity index (χ2n) is 2.49. The molecule has 0 aromatic carbocycles. The van der Waals surface area contributed by atoms with E-state index in [4.69, 9.17) is 9.62 Å². The quantitative estimate of drug-likeness (QED) is 0.542. The van der Waals surface area contributed by atoms with E-state index >= 15 is 0 Å². The van der Waals surface area contributed by atoms with E-state index in [1.165, 1.54) is 12.0 Å². The highest BCUT2D eigenvalue weighted by Crippen LogP contribution is 2.30. The smallest absolute Gasteiger partial charge is 0.135 e. The van der Waals surface area contributed by atoms with Crippen molar-refractivity contribution in [3.63, 3.8) is 0 Å². The van der Waals surface area contributed by atoms with Gasteiger partial charge in [-0.15, -0.1) is 11.3 Å². The fraction of sp³-hybridized carbons (Fsp3) is 0.556. The average molecular weight is 202 g/mol. The summed E-state index contributed by atoms with van der Waals surface area (Å²) in [6.45, 7) is 2.57. The van der Waals surface area contributed by atoms with E-state index in [9.17, 15) is 0 Å². The first-order valence-electron chi connectivity index (χ1n) is 4.13. The maximum atomic E-state index is 5.20. The molecule has 0 aliphatic carbocycles. The van der Waals surface area contributed by atoms with Gasteiger partial charge >= 0.3 is 0 Å². The number of aryl methyl sites for hydroxylation is 1. The predicted molar refractivity (Wildman–Crippen MR) is 52.0 cm³/mol. The Morgan fingerprint density at radius 2 is 2.15 bits per heavy atom. The number of thiophene rings is 1. The van der Waals surface area contributed by atoms with Crippen molar-refractivity contribution < 1.29 is 14.5 Å². The van der Waals surface area contributed by atoms with Gasteiger partial charge in [-0.2, -0.15) is 0 Å². The van der Waals surface area contributed by atoms with Gasteiger partial charge in [0, 0.05) is 4.88 Å². The Labute approximate surface area is 82.2 Å². The third kappa shape index (κ3) is 2.69. The molecule has 0 saturated heterocycles. The molecule has 1 heterocycles. The van der Waals surface area contributed by atoms with E-state index in [1.54, 1.807) is 18.4 Å². The summed E-state index contributed by atoms with van der Waals surface area (Å²) in [5.74, 6) is 0.888. The lowest BCUT2D eigenvalue weighted by molar-refractivity contribution is -0.281. The third-order valence-electron chi connectivity index (χ3n) is 1.70. The first-order chi connectivity index (χ1) is 6.31. The van der Waals surface area contributed by atoms with Crippen LogP contribution in [-0.4, -0.2) is 14.2 Å². The van der Waals surface area contributed by atoms with Gasteiger partial charge in [0.2, 0.25) is 0 Å². The van der Waals surface area contributed by atoms with Crippen LogP contribution in [0.2, 0.25) is 0 Å². The molecule has 3 nitrogen and oxygen atoms in total. The topological polar surface area (TPSA) is 27.7 Å². The van der Waals surface area contributed by atoms with E-state index in [0.717, 1.165) is 17.0 Å². The van der Waals surface area contributed by atoms with Crippen molar-refractivity contribution in [3.05, 3.63) is 15.8 Å². The summed E-state index contributed by atoms with van der Waals surface area (Å²) in [7, 11) is 3.17. The summed E-state index contributed by atoms with van der Waals surface area (Å²) in [5.41, 5.74) is 0. The fourth-order valence-electron chi connectivity index (χ4n) is 1.02. The van der Waals surface area contributed by atoms with Crippen molar-refractivity contribution in [2.45, 2.75) is 20.0 Å². The van der Waals surface area contributed by atoms with Gasteiger partial charge in [-0.1, -0.05) is 6.92 Å². The zero-order valence-electron chi connectivity index (χ0n) is 8.12. The van der Waals surface area contributed by atoms with Crippen LogP contribution in [0, 0.1) is 0 Å². The van der Waals surface area contributed by atoms with Crippen LogP contribution >= 0.6 is 11.3 Å². The maximum absolute atomic E-state index is 5.20. The molecule has 1 aromatic rings. The van der Waals surface area contributed by atoms with Crippen molar-refractivity contribution in [2.75, 3.05) is 14.2 Å². The number of methoxy groups -OCH3 is 1. The zero-order chi connectivity index (χ0) is 9.68. The predicted octanol–water partition coefficient (Wildman–Crippen LogP) is 2.40. The Bertz CT molecular complexity index is 257. The molecule has 0 bridgehead atoms.